The number of thioether (sulfide) groups is 1. The van der Waals surface area contributed by atoms with E-state index in [9.17, 15) is 0 Å². The van der Waals surface area contributed by atoms with E-state index in [1.807, 2.05) is 35.0 Å². The van der Waals surface area contributed by atoms with Crippen LogP contribution in [0, 0.1) is 0 Å². The Morgan fingerprint density at radius 1 is 1.21 bits per heavy atom. The minimum atomic E-state index is 0.625. The van der Waals surface area contributed by atoms with Gasteiger partial charge < -0.3 is 0 Å². The van der Waals surface area contributed by atoms with Crippen LogP contribution in [0.15, 0.2) is 54.7 Å². The SMILES string of the molecule is C=CCSc1nc(-c2ccc(Cl)cc2)n(CC=C)n1. The maximum atomic E-state index is 5.90. The maximum Gasteiger partial charge on any atom is 0.209 e. The summed E-state index contributed by atoms with van der Waals surface area (Å²) in [5, 5.41) is 5.90. The average molecular weight is 292 g/mol. The molecule has 19 heavy (non-hydrogen) atoms. The van der Waals surface area contributed by atoms with Gasteiger partial charge in [-0.25, -0.2) is 9.67 Å². The lowest BCUT2D eigenvalue weighted by Gasteiger charge is -2.02. The van der Waals surface area contributed by atoms with Gasteiger partial charge in [-0.1, -0.05) is 35.5 Å². The van der Waals surface area contributed by atoms with Crippen molar-refractivity contribution < 1.29 is 0 Å². The Morgan fingerprint density at radius 3 is 2.58 bits per heavy atom. The van der Waals surface area contributed by atoms with Crippen LogP contribution in [0.1, 0.15) is 0 Å². The van der Waals surface area contributed by atoms with E-state index in [4.69, 9.17) is 11.6 Å². The van der Waals surface area contributed by atoms with Crippen molar-refractivity contribution in [2.45, 2.75) is 11.7 Å². The molecule has 0 saturated heterocycles. The smallest absolute Gasteiger partial charge is 0.209 e. The van der Waals surface area contributed by atoms with Gasteiger partial charge in [0.15, 0.2) is 5.82 Å². The molecule has 1 aromatic heterocycles. The molecule has 0 N–H and O–H groups in total. The third kappa shape index (κ3) is 3.49. The van der Waals surface area contributed by atoms with E-state index in [-0.39, 0.29) is 0 Å². The molecule has 0 saturated carbocycles. The molecule has 0 fully saturated rings. The van der Waals surface area contributed by atoms with E-state index in [1.54, 1.807) is 17.8 Å². The van der Waals surface area contributed by atoms with Crippen LogP contribution in [-0.2, 0) is 6.54 Å². The minimum absolute atomic E-state index is 0.625. The third-order valence-corrected chi connectivity index (χ3v) is 3.47. The molecule has 0 aliphatic rings. The minimum Gasteiger partial charge on any atom is -0.241 e. The van der Waals surface area contributed by atoms with Crippen LogP contribution in [0.4, 0.5) is 0 Å². The second kappa shape index (κ2) is 6.59. The zero-order chi connectivity index (χ0) is 13.7. The van der Waals surface area contributed by atoms with Gasteiger partial charge in [-0.05, 0) is 24.3 Å². The first kappa shape index (κ1) is 13.9. The zero-order valence-electron chi connectivity index (χ0n) is 10.4. The molecule has 3 nitrogen and oxygen atoms in total. The number of aromatic nitrogens is 3. The van der Waals surface area contributed by atoms with E-state index >= 15 is 0 Å². The molecule has 5 heteroatoms. The quantitative estimate of drug-likeness (QED) is 0.594. The van der Waals surface area contributed by atoms with Crippen molar-refractivity contribution in [3.05, 3.63) is 54.6 Å². The summed E-state index contributed by atoms with van der Waals surface area (Å²) in [4.78, 5) is 4.54. The van der Waals surface area contributed by atoms with Gasteiger partial charge in [0.25, 0.3) is 0 Å². The summed E-state index contributed by atoms with van der Waals surface area (Å²) in [6, 6.07) is 7.57. The number of benzene rings is 1. The molecule has 1 aromatic carbocycles. The average Bonchev–Trinajstić information content (AvgIpc) is 2.81. The largest absolute Gasteiger partial charge is 0.241 e. The molecule has 2 aromatic rings. The predicted octanol–water partition coefficient (Wildman–Crippen LogP) is 4.06. The standard InChI is InChI=1S/C14H14ClN3S/c1-3-9-18-13(11-5-7-12(15)8-6-11)16-14(17-18)19-10-4-2/h3-8H,1-2,9-10H2. The Hall–Kier alpha value is -1.52. The van der Waals surface area contributed by atoms with Crippen LogP contribution in [0.2, 0.25) is 5.02 Å². The first-order valence-electron chi connectivity index (χ1n) is 5.80. The lowest BCUT2D eigenvalue weighted by atomic mass is 10.2. The predicted molar refractivity (Wildman–Crippen MR) is 81.6 cm³/mol. The molecule has 2 rings (SSSR count). The number of rotatable bonds is 6. The summed E-state index contributed by atoms with van der Waals surface area (Å²) in [5.74, 6) is 1.61. The summed E-state index contributed by atoms with van der Waals surface area (Å²) in [5.41, 5.74) is 0.990. The molecule has 0 spiro atoms. The molecule has 0 unspecified atom stereocenters. The van der Waals surface area contributed by atoms with Crippen LogP contribution in [0.3, 0.4) is 0 Å². The van der Waals surface area contributed by atoms with E-state index in [0.717, 1.165) is 22.3 Å². The van der Waals surface area contributed by atoms with Crippen LogP contribution in [0.25, 0.3) is 11.4 Å². The van der Waals surface area contributed by atoms with Gasteiger partial charge in [0.2, 0.25) is 5.16 Å². The number of nitrogens with zero attached hydrogens (tertiary/aromatic N) is 3. The number of hydrogen-bond donors (Lipinski definition) is 0. The number of halogens is 1. The molecule has 0 atom stereocenters. The Bertz CT molecular complexity index is 575. The maximum absolute atomic E-state index is 5.90. The molecule has 0 bridgehead atoms. The molecule has 0 aliphatic carbocycles. The summed E-state index contributed by atoms with van der Waals surface area (Å²) in [6.07, 6.45) is 3.64. The van der Waals surface area contributed by atoms with Crippen molar-refractivity contribution in [2.75, 3.05) is 5.75 Å². The van der Waals surface area contributed by atoms with Gasteiger partial charge in [0.1, 0.15) is 0 Å². The van der Waals surface area contributed by atoms with Gasteiger partial charge >= 0.3 is 0 Å². The highest BCUT2D eigenvalue weighted by atomic mass is 35.5. The first-order chi connectivity index (χ1) is 9.24. The van der Waals surface area contributed by atoms with Crippen molar-refractivity contribution in [3.8, 4) is 11.4 Å². The Balaban J connectivity index is 2.36. The molecule has 0 aliphatic heterocycles. The summed E-state index contributed by atoms with van der Waals surface area (Å²) in [7, 11) is 0. The second-order valence-electron chi connectivity index (χ2n) is 3.80. The van der Waals surface area contributed by atoms with Crippen molar-refractivity contribution >= 4 is 23.4 Å². The van der Waals surface area contributed by atoms with Crippen molar-refractivity contribution in [2.24, 2.45) is 0 Å². The van der Waals surface area contributed by atoms with Crippen LogP contribution >= 0.6 is 23.4 Å². The normalized spacial score (nSPS) is 10.4. The molecule has 1 heterocycles. The number of hydrogen-bond acceptors (Lipinski definition) is 3. The lowest BCUT2D eigenvalue weighted by Crippen LogP contribution is -2.00. The van der Waals surface area contributed by atoms with Gasteiger partial charge in [0, 0.05) is 16.3 Å². The zero-order valence-corrected chi connectivity index (χ0v) is 12.0. The van der Waals surface area contributed by atoms with Gasteiger partial charge in [-0.3, -0.25) is 0 Å². The third-order valence-electron chi connectivity index (χ3n) is 2.39. The van der Waals surface area contributed by atoms with Gasteiger partial charge in [-0.15, -0.1) is 18.3 Å². The van der Waals surface area contributed by atoms with Gasteiger partial charge in [0.05, 0.1) is 6.54 Å². The van der Waals surface area contributed by atoms with Crippen molar-refractivity contribution in [1.82, 2.24) is 14.8 Å². The molecule has 98 valence electrons. The van der Waals surface area contributed by atoms with E-state index in [1.165, 1.54) is 0 Å². The highest BCUT2D eigenvalue weighted by molar-refractivity contribution is 7.99. The highest BCUT2D eigenvalue weighted by Gasteiger charge is 2.11. The monoisotopic (exact) mass is 291 g/mol. The first-order valence-corrected chi connectivity index (χ1v) is 7.16. The van der Waals surface area contributed by atoms with Crippen molar-refractivity contribution in [1.29, 1.82) is 0 Å². The van der Waals surface area contributed by atoms with Crippen LogP contribution < -0.4 is 0 Å². The fourth-order valence-electron chi connectivity index (χ4n) is 1.58. The van der Waals surface area contributed by atoms with Crippen LogP contribution in [0.5, 0.6) is 0 Å². The Labute approximate surface area is 122 Å². The fourth-order valence-corrected chi connectivity index (χ4v) is 2.28. The topological polar surface area (TPSA) is 30.7 Å². The molecule has 0 radical (unpaired) electrons. The fraction of sp³-hybridized carbons (Fsp3) is 0.143. The Kier molecular flexibility index (Phi) is 4.82. The highest BCUT2D eigenvalue weighted by Crippen LogP contribution is 2.23. The molecular formula is C14H14ClN3S. The van der Waals surface area contributed by atoms with E-state index in [0.29, 0.717) is 11.6 Å². The van der Waals surface area contributed by atoms with Crippen molar-refractivity contribution in [3.63, 3.8) is 0 Å². The summed E-state index contributed by atoms with van der Waals surface area (Å²) < 4.78 is 1.83. The molecular weight excluding hydrogens is 278 g/mol. The lowest BCUT2D eigenvalue weighted by molar-refractivity contribution is 0.687. The van der Waals surface area contributed by atoms with Gasteiger partial charge in [-0.2, -0.15) is 0 Å². The van der Waals surface area contributed by atoms with E-state index < -0.39 is 0 Å². The van der Waals surface area contributed by atoms with E-state index in [2.05, 4.69) is 23.2 Å². The summed E-state index contributed by atoms with van der Waals surface area (Å²) >= 11 is 7.46. The Morgan fingerprint density at radius 2 is 1.95 bits per heavy atom. The number of allylic oxidation sites excluding steroid dienone is 1. The van der Waals surface area contributed by atoms with Crippen LogP contribution in [-0.4, -0.2) is 20.5 Å². The molecule has 0 amide bonds. The second-order valence-corrected chi connectivity index (χ2v) is 5.22. The summed E-state index contributed by atoms with van der Waals surface area (Å²) in [6.45, 7) is 8.06.